The van der Waals surface area contributed by atoms with Crippen molar-refractivity contribution >= 4 is 61.7 Å². The normalized spacial score (nSPS) is 14.2. The Hall–Kier alpha value is -3.28. The number of pyridine rings is 2. The summed E-state index contributed by atoms with van der Waals surface area (Å²) in [5.74, 6) is 12.0. The molecule has 231 valence electrons. The van der Waals surface area contributed by atoms with Crippen molar-refractivity contribution in [2.75, 3.05) is 0 Å². The summed E-state index contributed by atoms with van der Waals surface area (Å²) < 4.78 is 34.2. The molecule has 8 rings (SSSR count). The van der Waals surface area contributed by atoms with E-state index in [0.717, 1.165) is 27.6 Å². The molecule has 1 aliphatic heterocycles. The Balaban J connectivity index is 0.000000208. The number of nitrogens with zero attached hydrogens (tertiary/aromatic N) is 2. The van der Waals surface area contributed by atoms with Crippen LogP contribution in [0.2, 0.25) is 28.8 Å². The van der Waals surface area contributed by atoms with Crippen molar-refractivity contribution in [1.29, 1.82) is 0 Å². The smallest absolute Gasteiger partial charge is 0 e. The first kappa shape index (κ1) is 28.9. The van der Waals surface area contributed by atoms with Crippen LogP contribution in [0.15, 0.2) is 114 Å². The molecule has 0 amide bonds. The fourth-order valence-corrected chi connectivity index (χ4v) is 15.5. The van der Waals surface area contributed by atoms with Gasteiger partial charge in [0.25, 0.3) is 0 Å². The zero-order valence-electron chi connectivity index (χ0n) is 29.5. The molecule has 3 aromatic heterocycles. The van der Waals surface area contributed by atoms with Gasteiger partial charge in [-0.1, -0.05) is 0 Å². The van der Waals surface area contributed by atoms with E-state index in [9.17, 15) is 0 Å². The summed E-state index contributed by atoms with van der Waals surface area (Å²) in [5, 5.41) is 2.10. The maximum absolute atomic E-state index is 7.75. The van der Waals surface area contributed by atoms with Gasteiger partial charge in [-0.2, -0.15) is 0 Å². The molecule has 0 saturated heterocycles. The van der Waals surface area contributed by atoms with Crippen LogP contribution in [0.25, 0.3) is 55.6 Å². The van der Waals surface area contributed by atoms with E-state index in [0.29, 0.717) is 16.8 Å². The van der Waals surface area contributed by atoms with Gasteiger partial charge in [-0.05, 0) is 0 Å². The number of fused-ring (bicyclic) bond motifs is 7. The van der Waals surface area contributed by atoms with Crippen LogP contribution in [0.1, 0.15) is 9.68 Å². The fourth-order valence-electron chi connectivity index (χ4n) is 6.35. The van der Waals surface area contributed by atoms with Gasteiger partial charge in [0.1, 0.15) is 0 Å². The SMILES string of the molecule is [2H]C([2H])([2H])c1ccnc(-c2[c-]ccc3c2oc2[c]4c(ccc23)-c2cccc[c]2[Ge]4([CH3])[CH3])c1.[CH3][Ge]([CH3])([CH3])[c]1ccc(-c2[c-]cccc2)nc1.[Ir]. The van der Waals surface area contributed by atoms with E-state index in [4.69, 9.17) is 8.53 Å². The molecule has 7 aromatic rings. The molecule has 0 bridgehead atoms. The Morgan fingerprint density at radius 1 is 0.761 bits per heavy atom. The number of hydrogen-bond acceptors (Lipinski definition) is 3. The van der Waals surface area contributed by atoms with Gasteiger partial charge in [-0.3, -0.25) is 0 Å². The van der Waals surface area contributed by atoms with Gasteiger partial charge in [-0.25, -0.2) is 0 Å². The second-order valence-corrected chi connectivity index (χ2v) is 32.8. The summed E-state index contributed by atoms with van der Waals surface area (Å²) in [7, 11) is 0. The van der Waals surface area contributed by atoms with E-state index in [1.54, 1.807) is 12.3 Å². The summed E-state index contributed by atoms with van der Waals surface area (Å²) in [4.78, 5) is 8.98. The van der Waals surface area contributed by atoms with Gasteiger partial charge in [0.15, 0.2) is 0 Å². The molecule has 46 heavy (non-hydrogen) atoms. The molecule has 0 spiro atoms. The first-order valence-corrected chi connectivity index (χ1v) is 28.9. The standard InChI is InChI=1S/C26H20GeNO.C14H16GeN.Ir/c1-16-13-14-28-23(15-16)21-9-6-8-19-20-12-11-18-17-7-4-5-10-22(17)27(2,3)24(18)26(20)29-25(19)21;1-15(2,3)13-9-10-14(16-11-13)12-7-5-4-6-8-12;/h4-8,10-15H,1-3H3;4-7,9-11H,1-3H3;/q2*-1;/i1D3;;. The van der Waals surface area contributed by atoms with Crippen LogP contribution in [0.5, 0.6) is 0 Å². The Morgan fingerprint density at radius 3 is 2.30 bits per heavy atom. The number of aryl methyl sites for hydroxylation is 1. The number of aromatic nitrogens is 2. The fraction of sp³-hybridized carbons (Fsp3) is 0.150. The van der Waals surface area contributed by atoms with Gasteiger partial charge >= 0.3 is 277 Å². The summed E-state index contributed by atoms with van der Waals surface area (Å²) in [6.45, 7) is -2.19. The van der Waals surface area contributed by atoms with Crippen molar-refractivity contribution in [3.63, 3.8) is 0 Å². The molecular weight excluding hydrogens is 862 g/mol. The minimum atomic E-state index is -2.54. The molecule has 3 nitrogen and oxygen atoms in total. The minimum Gasteiger partial charge on any atom is 0 e. The Kier molecular flexibility index (Phi) is 8.00. The molecule has 4 aromatic carbocycles. The van der Waals surface area contributed by atoms with Crippen LogP contribution < -0.4 is 13.2 Å². The Bertz CT molecular complexity index is 2290. The van der Waals surface area contributed by atoms with Crippen molar-refractivity contribution in [3.05, 3.63) is 127 Å². The predicted octanol–water partition coefficient (Wildman–Crippen LogP) is 8.65. The molecule has 0 N–H and O–H groups in total. The van der Waals surface area contributed by atoms with Crippen LogP contribution in [-0.2, 0) is 20.1 Å². The summed E-state index contributed by atoms with van der Waals surface area (Å²) >= 11 is -4.26. The van der Waals surface area contributed by atoms with Gasteiger partial charge in [-0.15, -0.1) is 0 Å². The first-order chi connectivity index (χ1) is 22.8. The Morgan fingerprint density at radius 2 is 1.57 bits per heavy atom. The number of hydrogen-bond donors (Lipinski definition) is 0. The second-order valence-electron chi connectivity index (χ2n) is 13.1. The van der Waals surface area contributed by atoms with E-state index in [1.807, 2.05) is 42.6 Å². The topological polar surface area (TPSA) is 38.9 Å². The van der Waals surface area contributed by atoms with E-state index in [-0.39, 0.29) is 25.7 Å². The zero-order chi connectivity index (χ0) is 33.8. The van der Waals surface area contributed by atoms with Crippen LogP contribution >= 0.6 is 0 Å². The van der Waals surface area contributed by atoms with Gasteiger partial charge in [0, 0.05) is 20.1 Å². The largest absolute Gasteiger partial charge is 0 e. The molecule has 0 saturated carbocycles. The average molecular weight is 901 g/mol. The zero-order valence-corrected chi connectivity index (χ0v) is 33.1. The average Bonchev–Trinajstić information content (AvgIpc) is 3.57. The van der Waals surface area contributed by atoms with Crippen molar-refractivity contribution < 1.29 is 28.6 Å². The molecule has 4 heterocycles. The molecule has 6 heteroatoms. The third-order valence-corrected chi connectivity index (χ3v) is 20.4. The quantitative estimate of drug-likeness (QED) is 0.132. The molecule has 0 aliphatic carbocycles. The monoisotopic (exact) mass is 904 g/mol. The van der Waals surface area contributed by atoms with Gasteiger partial charge in [0.05, 0.1) is 0 Å². The summed E-state index contributed by atoms with van der Waals surface area (Å²) in [5.41, 5.74) is 7.86. The second kappa shape index (κ2) is 12.7. The van der Waals surface area contributed by atoms with Gasteiger partial charge < -0.3 is 0 Å². The number of furan rings is 1. The van der Waals surface area contributed by atoms with Crippen molar-refractivity contribution in [3.8, 4) is 33.6 Å². The summed E-state index contributed by atoms with van der Waals surface area (Å²) in [6.07, 6.45) is 3.58. The maximum Gasteiger partial charge on any atom is 0 e. The third kappa shape index (κ3) is 5.86. The van der Waals surface area contributed by atoms with Crippen molar-refractivity contribution in [1.82, 2.24) is 9.97 Å². The maximum atomic E-state index is 7.75. The van der Waals surface area contributed by atoms with Crippen LogP contribution in [0.4, 0.5) is 0 Å². The van der Waals surface area contributed by atoms with E-state index in [1.165, 1.54) is 30.4 Å². The predicted molar refractivity (Wildman–Crippen MR) is 194 cm³/mol. The number of benzene rings is 4. The van der Waals surface area contributed by atoms with E-state index < -0.39 is 33.4 Å². The molecule has 0 atom stereocenters. The van der Waals surface area contributed by atoms with Crippen LogP contribution in [0, 0.1) is 19.0 Å². The molecule has 0 unspecified atom stereocenters. The minimum absolute atomic E-state index is 0. The first-order valence-electron chi connectivity index (χ1n) is 16.7. The van der Waals surface area contributed by atoms with Crippen molar-refractivity contribution in [2.45, 2.75) is 35.6 Å². The Labute approximate surface area is 294 Å². The van der Waals surface area contributed by atoms with Crippen LogP contribution in [-0.4, -0.2) is 36.5 Å². The van der Waals surface area contributed by atoms with E-state index in [2.05, 4.69) is 99.4 Å². The van der Waals surface area contributed by atoms with E-state index >= 15 is 0 Å². The number of rotatable bonds is 3. The van der Waals surface area contributed by atoms with Crippen molar-refractivity contribution in [2.24, 2.45) is 0 Å². The molecule has 0 fully saturated rings. The molecular formula is C40H36Ge2IrN2O-2. The molecule has 1 aliphatic rings. The molecule has 1 radical (unpaired) electrons. The van der Waals surface area contributed by atoms with Gasteiger partial charge in [0.2, 0.25) is 0 Å². The third-order valence-electron chi connectivity index (χ3n) is 8.75. The summed E-state index contributed by atoms with van der Waals surface area (Å²) in [6, 6.07) is 38.9. The van der Waals surface area contributed by atoms with Crippen LogP contribution in [0.3, 0.4) is 0 Å².